The second-order valence-corrected chi connectivity index (χ2v) is 11.3. The molecule has 8 heteroatoms. The molecular formula is C23H33N3O3S2. The summed E-state index contributed by atoms with van der Waals surface area (Å²) in [6.45, 7) is 9.02. The summed E-state index contributed by atoms with van der Waals surface area (Å²) in [6, 6.07) is -0.303. The molecule has 0 fully saturated rings. The van der Waals surface area contributed by atoms with Gasteiger partial charge in [0.25, 0.3) is 0 Å². The lowest BCUT2D eigenvalue weighted by atomic mass is 9.95. The smallest absolute Gasteiger partial charge is 0.341 e. The zero-order valence-corrected chi connectivity index (χ0v) is 20.9. The molecule has 2 amide bonds. The van der Waals surface area contributed by atoms with Crippen LogP contribution in [0.4, 0.5) is 9.80 Å². The summed E-state index contributed by atoms with van der Waals surface area (Å²) in [5.74, 6) is -0.357. The molecule has 31 heavy (non-hydrogen) atoms. The number of carbonyl (C=O) groups excluding carboxylic acids is 2. The highest BCUT2D eigenvalue weighted by atomic mass is 32.1. The summed E-state index contributed by atoms with van der Waals surface area (Å²) in [6.07, 6.45) is 3.96. The van der Waals surface area contributed by atoms with Gasteiger partial charge < -0.3 is 15.0 Å². The quantitative estimate of drug-likeness (QED) is 0.568. The number of esters is 1. The minimum Gasteiger partial charge on any atom is -0.456 e. The molecule has 1 aliphatic carbocycles. The molecule has 0 atom stereocenters. The summed E-state index contributed by atoms with van der Waals surface area (Å²) in [5, 5.41) is 8.57. The first-order valence-corrected chi connectivity index (χ1v) is 12.4. The van der Waals surface area contributed by atoms with Crippen LogP contribution in [0, 0.1) is 6.92 Å². The molecule has 2 aromatic heterocycles. The topological polar surface area (TPSA) is 70.7 Å². The molecule has 3 rings (SSSR count). The van der Waals surface area contributed by atoms with Crippen LogP contribution in [0.15, 0.2) is 5.38 Å². The van der Waals surface area contributed by atoms with Crippen molar-refractivity contribution in [1.29, 1.82) is 0 Å². The molecule has 0 unspecified atom stereocenters. The van der Waals surface area contributed by atoms with Crippen LogP contribution in [-0.4, -0.2) is 36.6 Å². The largest absolute Gasteiger partial charge is 0.456 e. The summed E-state index contributed by atoms with van der Waals surface area (Å²) < 4.78 is 5.64. The fourth-order valence-electron chi connectivity index (χ4n) is 3.64. The molecule has 0 aliphatic heterocycles. The van der Waals surface area contributed by atoms with Gasteiger partial charge in [-0.05, 0) is 89.5 Å². The molecule has 0 radical (unpaired) electrons. The molecule has 2 heterocycles. The molecule has 0 saturated heterocycles. The third-order valence-corrected chi connectivity index (χ3v) is 7.47. The highest BCUT2D eigenvalue weighted by molar-refractivity contribution is 7.17. The Hall–Kier alpha value is -1.90. The number of hydrogen-bond donors (Lipinski definition) is 2. The number of nitrogens with one attached hydrogen (secondary N) is 2. The van der Waals surface area contributed by atoms with Gasteiger partial charge in [-0.25, -0.2) is 9.59 Å². The third-order valence-electron chi connectivity index (χ3n) is 5.14. The van der Waals surface area contributed by atoms with Gasteiger partial charge in [0.2, 0.25) is 0 Å². The average molecular weight is 464 g/mol. The number of aryl methyl sites for hydroxylation is 1. The maximum absolute atomic E-state index is 12.9. The SMILES string of the molecule is Cc1c(CNC(=O)Nc2sc3c(c2C(=O)OC(C)(C)C)CCCC3)csc1CN(C)C. The Morgan fingerprint density at radius 2 is 1.90 bits per heavy atom. The maximum Gasteiger partial charge on any atom is 0.341 e. The lowest BCUT2D eigenvalue weighted by molar-refractivity contribution is 0.00699. The number of nitrogens with zero attached hydrogens (tertiary/aromatic N) is 1. The average Bonchev–Trinajstić information content (AvgIpc) is 3.18. The number of fused-ring (bicyclic) bond motifs is 1. The van der Waals surface area contributed by atoms with Crippen LogP contribution in [0.2, 0.25) is 0 Å². The monoisotopic (exact) mass is 463 g/mol. The van der Waals surface area contributed by atoms with Crippen molar-refractivity contribution >= 4 is 39.7 Å². The van der Waals surface area contributed by atoms with Crippen molar-refractivity contribution in [2.45, 2.75) is 72.1 Å². The maximum atomic E-state index is 12.9. The molecule has 2 aromatic rings. The van der Waals surface area contributed by atoms with Crippen molar-refractivity contribution in [3.8, 4) is 0 Å². The number of thiophene rings is 2. The predicted octanol–water partition coefficient (Wildman–Crippen LogP) is 5.34. The van der Waals surface area contributed by atoms with Crippen molar-refractivity contribution in [3.63, 3.8) is 0 Å². The standard InChI is InChI=1S/C23H33N3O3S2/c1-14-15(13-30-18(14)12-26(5)6)11-24-22(28)25-20-19(21(27)29-23(2,3)4)16-9-7-8-10-17(16)31-20/h13H,7-12H2,1-6H3,(H2,24,25,28). The van der Waals surface area contributed by atoms with Crippen molar-refractivity contribution in [2.75, 3.05) is 19.4 Å². The zero-order valence-electron chi connectivity index (χ0n) is 19.3. The molecule has 6 nitrogen and oxygen atoms in total. The first kappa shape index (κ1) is 23.8. The van der Waals surface area contributed by atoms with Crippen molar-refractivity contribution < 1.29 is 14.3 Å². The fourth-order valence-corrected chi connectivity index (χ4v) is 6.09. The van der Waals surface area contributed by atoms with E-state index in [2.05, 4.69) is 27.8 Å². The fraction of sp³-hybridized carbons (Fsp3) is 0.565. The summed E-state index contributed by atoms with van der Waals surface area (Å²) in [4.78, 5) is 30.2. The van der Waals surface area contributed by atoms with Gasteiger partial charge in [-0.1, -0.05) is 0 Å². The van der Waals surface area contributed by atoms with Gasteiger partial charge in [-0.3, -0.25) is 5.32 Å². The second-order valence-electron chi connectivity index (χ2n) is 9.27. The Balaban J connectivity index is 1.72. The molecule has 0 spiro atoms. The highest BCUT2D eigenvalue weighted by Gasteiger charge is 2.29. The van der Waals surface area contributed by atoms with E-state index in [0.717, 1.165) is 43.4 Å². The molecule has 0 aromatic carbocycles. The number of anilines is 1. The molecule has 0 bridgehead atoms. The van der Waals surface area contributed by atoms with Crippen molar-refractivity contribution in [2.24, 2.45) is 0 Å². The number of amides is 2. The molecule has 170 valence electrons. The zero-order chi connectivity index (χ0) is 22.8. The van der Waals surface area contributed by atoms with Crippen LogP contribution < -0.4 is 10.6 Å². The lowest BCUT2D eigenvalue weighted by Gasteiger charge is -2.21. The molecule has 0 saturated carbocycles. The molecule has 1 aliphatic rings. The number of hydrogen-bond acceptors (Lipinski definition) is 6. The number of carbonyl (C=O) groups is 2. The number of rotatable bonds is 6. The summed E-state index contributed by atoms with van der Waals surface area (Å²) in [5.41, 5.74) is 3.34. The van der Waals surface area contributed by atoms with E-state index in [1.165, 1.54) is 26.7 Å². The van der Waals surface area contributed by atoms with Crippen molar-refractivity contribution in [1.82, 2.24) is 10.2 Å². The Bertz CT molecular complexity index is 954. The second kappa shape index (κ2) is 9.71. The highest BCUT2D eigenvalue weighted by Crippen LogP contribution is 2.39. The van der Waals surface area contributed by atoms with E-state index >= 15 is 0 Å². The first-order chi connectivity index (χ1) is 14.5. The minimum atomic E-state index is -0.582. The Morgan fingerprint density at radius 3 is 2.58 bits per heavy atom. The Kier molecular flexibility index (Phi) is 7.44. The van der Waals surface area contributed by atoms with Gasteiger partial charge in [0.05, 0.1) is 5.56 Å². The lowest BCUT2D eigenvalue weighted by Crippen LogP contribution is -2.29. The van der Waals surface area contributed by atoms with Crippen molar-refractivity contribution in [3.05, 3.63) is 37.4 Å². The van der Waals surface area contributed by atoms with Crippen LogP contribution in [0.1, 0.15) is 70.4 Å². The van der Waals surface area contributed by atoms with E-state index in [0.29, 0.717) is 17.1 Å². The number of urea groups is 1. The van der Waals surface area contributed by atoms with Gasteiger partial charge in [-0.15, -0.1) is 22.7 Å². The summed E-state index contributed by atoms with van der Waals surface area (Å²) in [7, 11) is 4.10. The van der Waals surface area contributed by atoms with Gasteiger partial charge >= 0.3 is 12.0 Å². The normalized spacial score (nSPS) is 13.8. The van der Waals surface area contributed by atoms with E-state index in [9.17, 15) is 9.59 Å². The third kappa shape index (κ3) is 6.08. The van der Waals surface area contributed by atoms with Gasteiger partial charge in [0.15, 0.2) is 0 Å². The van der Waals surface area contributed by atoms with Gasteiger partial charge in [-0.2, -0.15) is 0 Å². The van der Waals surface area contributed by atoms with E-state index in [1.807, 2.05) is 34.9 Å². The van der Waals surface area contributed by atoms with E-state index in [1.54, 1.807) is 11.3 Å². The Morgan fingerprint density at radius 1 is 1.19 bits per heavy atom. The summed E-state index contributed by atoms with van der Waals surface area (Å²) >= 11 is 3.22. The van der Waals surface area contributed by atoms with E-state index < -0.39 is 5.60 Å². The molecule has 2 N–H and O–H groups in total. The van der Waals surface area contributed by atoms with Gasteiger partial charge in [0, 0.05) is 22.8 Å². The van der Waals surface area contributed by atoms with E-state index in [-0.39, 0.29) is 12.0 Å². The van der Waals surface area contributed by atoms with Crippen LogP contribution in [0.5, 0.6) is 0 Å². The van der Waals surface area contributed by atoms with Gasteiger partial charge in [0.1, 0.15) is 10.6 Å². The predicted molar refractivity (Wildman–Crippen MR) is 128 cm³/mol. The van der Waals surface area contributed by atoms with Crippen LogP contribution in [-0.2, 0) is 30.7 Å². The van der Waals surface area contributed by atoms with E-state index in [4.69, 9.17) is 4.74 Å². The molecular weight excluding hydrogens is 430 g/mol. The van der Waals surface area contributed by atoms with Crippen LogP contribution in [0.25, 0.3) is 0 Å². The minimum absolute atomic E-state index is 0.303. The number of ether oxygens (including phenoxy) is 1. The van der Waals surface area contributed by atoms with Crippen LogP contribution in [0.3, 0.4) is 0 Å². The van der Waals surface area contributed by atoms with Crippen LogP contribution >= 0.6 is 22.7 Å². The first-order valence-electron chi connectivity index (χ1n) is 10.7. The Labute approximate surface area is 193 Å².